The quantitative estimate of drug-likeness (QED) is 0.0629. The normalized spacial score (nSPS) is 17.9. The average Bonchev–Trinajstić information content (AvgIpc) is 3.36. The van der Waals surface area contributed by atoms with Crippen LogP contribution in [0.5, 0.6) is 5.75 Å². The Hall–Kier alpha value is -8.10. The van der Waals surface area contributed by atoms with Crippen LogP contribution in [0.15, 0.2) is 164 Å². The summed E-state index contributed by atoms with van der Waals surface area (Å²) in [6.07, 6.45) is -9.05. The maximum absolute atomic E-state index is 14.2. The van der Waals surface area contributed by atoms with E-state index in [-0.39, 0.29) is 47.6 Å². The molecule has 14 nitrogen and oxygen atoms in total. The lowest BCUT2D eigenvalue weighted by molar-refractivity contribution is -0.284. The van der Waals surface area contributed by atoms with Gasteiger partial charge in [0.2, 0.25) is 12.4 Å². The number of carbonyl (C=O) groups excluding carboxylic acids is 6. The molecule has 0 unspecified atom stereocenters. The van der Waals surface area contributed by atoms with Gasteiger partial charge in [0, 0.05) is 20.3 Å². The van der Waals surface area contributed by atoms with Gasteiger partial charge >= 0.3 is 35.8 Å². The highest BCUT2D eigenvalue weighted by molar-refractivity contribution is 5.91. The Morgan fingerprint density at radius 1 is 0.485 bits per heavy atom. The number of rotatable bonds is 17. The Bertz CT molecular complexity index is 2670. The van der Waals surface area contributed by atoms with E-state index in [0.717, 1.165) is 11.1 Å². The molecule has 0 saturated carbocycles. The SMILES string of the molecule is CC(=O)OCc1ccc(Cc2ccc(COC(C)=O)cc2O[C@@H]2O[C@H]([C@H](C)OC(=O)c3ccccc3)[C@@H](OC(=O)c3ccccc3)[C@H](OC(=O)c3ccccc3)[C@H]2OC(=O)c2ccccc2)cc1. The zero-order chi connectivity index (χ0) is 48.0. The zero-order valence-electron chi connectivity index (χ0n) is 37.4. The molecule has 6 aromatic carbocycles. The Morgan fingerprint density at radius 3 is 1.38 bits per heavy atom. The van der Waals surface area contributed by atoms with E-state index in [0.29, 0.717) is 11.1 Å². The topological polar surface area (TPSA) is 176 Å². The Labute approximate surface area is 392 Å². The van der Waals surface area contributed by atoms with Crippen LogP contribution in [0.2, 0.25) is 0 Å². The van der Waals surface area contributed by atoms with Crippen LogP contribution < -0.4 is 4.74 Å². The number of hydrogen-bond donors (Lipinski definition) is 0. The smallest absolute Gasteiger partial charge is 0.338 e. The van der Waals surface area contributed by atoms with E-state index < -0.39 is 72.6 Å². The fourth-order valence-electron chi connectivity index (χ4n) is 7.29. The molecule has 6 aromatic rings. The van der Waals surface area contributed by atoms with Crippen LogP contribution in [-0.4, -0.2) is 72.6 Å². The molecule has 1 aliphatic rings. The number of esters is 6. The fourth-order valence-corrected chi connectivity index (χ4v) is 7.29. The first-order chi connectivity index (χ1) is 32.9. The molecule has 0 aromatic heterocycles. The van der Waals surface area contributed by atoms with Gasteiger partial charge in [0.1, 0.15) is 31.2 Å². The molecule has 0 N–H and O–H groups in total. The molecule has 0 aliphatic carbocycles. The van der Waals surface area contributed by atoms with Crippen LogP contribution in [0, 0.1) is 0 Å². The van der Waals surface area contributed by atoms with E-state index in [1.807, 2.05) is 24.3 Å². The second-order valence-electron chi connectivity index (χ2n) is 15.8. The van der Waals surface area contributed by atoms with Crippen molar-refractivity contribution in [1.29, 1.82) is 0 Å². The summed E-state index contributed by atoms with van der Waals surface area (Å²) < 4.78 is 48.8. The molecule has 1 saturated heterocycles. The monoisotopic (exact) mass is 920 g/mol. The van der Waals surface area contributed by atoms with Crippen molar-refractivity contribution in [2.45, 2.75) is 77.2 Å². The van der Waals surface area contributed by atoms with Crippen molar-refractivity contribution in [2.24, 2.45) is 0 Å². The van der Waals surface area contributed by atoms with Crippen molar-refractivity contribution < 1.29 is 66.7 Å². The van der Waals surface area contributed by atoms with Crippen LogP contribution >= 0.6 is 0 Å². The van der Waals surface area contributed by atoms with Crippen molar-refractivity contribution >= 4 is 35.8 Å². The Morgan fingerprint density at radius 2 is 0.897 bits per heavy atom. The molecule has 1 fully saturated rings. The summed E-state index contributed by atoms with van der Waals surface area (Å²) in [7, 11) is 0. The minimum atomic E-state index is -1.68. The number of ether oxygens (including phenoxy) is 8. The van der Waals surface area contributed by atoms with Crippen LogP contribution in [0.1, 0.15) is 84.5 Å². The lowest BCUT2D eigenvalue weighted by atomic mass is 9.94. The molecule has 68 heavy (non-hydrogen) atoms. The van der Waals surface area contributed by atoms with Gasteiger partial charge in [-0.25, -0.2) is 19.2 Å². The van der Waals surface area contributed by atoms with Crippen molar-refractivity contribution in [3.63, 3.8) is 0 Å². The highest BCUT2D eigenvalue weighted by Gasteiger charge is 2.56. The zero-order valence-corrected chi connectivity index (χ0v) is 37.4. The van der Waals surface area contributed by atoms with Gasteiger partial charge in [0.15, 0.2) is 12.2 Å². The molecule has 7 rings (SSSR count). The average molecular weight is 921 g/mol. The molecule has 0 amide bonds. The summed E-state index contributed by atoms with van der Waals surface area (Å²) in [5.74, 6) is -4.06. The van der Waals surface area contributed by atoms with Gasteiger partial charge in [0.05, 0.1) is 22.3 Å². The third-order valence-electron chi connectivity index (χ3n) is 10.7. The van der Waals surface area contributed by atoms with Crippen molar-refractivity contribution in [2.75, 3.05) is 0 Å². The van der Waals surface area contributed by atoms with Gasteiger partial charge in [-0.3, -0.25) is 9.59 Å². The van der Waals surface area contributed by atoms with Gasteiger partial charge in [0.25, 0.3) is 0 Å². The van der Waals surface area contributed by atoms with Gasteiger partial charge < -0.3 is 37.9 Å². The standard InChI is InChI=1S/C54H48O14/c1-34(63-50(57)40-16-8-4-9-17-40)46-47(65-51(58)41-18-10-5-11-19-41)48(66-52(59)42-20-12-6-13-21-42)49(67-53(60)43-22-14-7-15-23-43)54(68-46)64-45-31-39(33-62-36(3)56)28-29-44(45)30-37-24-26-38(27-25-37)32-61-35(2)55/h4-29,31,34,46-49,54H,30,32-33H2,1-3H3/t34-,46+,47+,48-,49+,54+/m0/s1. The van der Waals surface area contributed by atoms with Crippen LogP contribution in [-0.2, 0) is 62.4 Å². The lowest BCUT2D eigenvalue weighted by Gasteiger charge is -2.45. The summed E-state index contributed by atoms with van der Waals surface area (Å²) in [6.45, 7) is 4.10. The largest absolute Gasteiger partial charge is 0.461 e. The van der Waals surface area contributed by atoms with Gasteiger partial charge in [-0.05, 0) is 83.8 Å². The predicted molar refractivity (Wildman–Crippen MR) is 244 cm³/mol. The highest BCUT2D eigenvalue weighted by atomic mass is 16.7. The summed E-state index contributed by atoms with van der Waals surface area (Å²) in [5.41, 5.74) is 3.32. The minimum absolute atomic E-state index is 0.0921. The lowest BCUT2D eigenvalue weighted by Crippen LogP contribution is -2.65. The molecule has 14 heteroatoms. The van der Waals surface area contributed by atoms with Crippen molar-refractivity contribution in [3.8, 4) is 5.75 Å². The maximum Gasteiger partial charge on any atom is 0.338 e. The third-order valence-corrected chi connectivity index (χ3v) is 10.7. The predicted octanol–water partition coefficient (Wildman–Crippen LogP) is 8.43. The third kappa shape index (κ3) is 12.8. The molecule has 1 aliphatic heterocycles. The van der Waals surface area contributed by atoms with E-state index >= 15 is 0 Å². The van der Waals surface area contributed by atoms with E-state index in [4.69, 9.17) is 37.9 Å². The van der Waals surface area contributed by atoms with Gasteiger partial charge in [-0.1, -0.05) is 109 Å². The number of carbonyl (C=O) groups is 6. The van der Waals surface area contributed by atoms with E-state index in [1.165, 1.54) is 57.2 Å². The van der Waals surface area contributed by atoms with Crippen LogP contribution in [0.3, 0.4) is 0 Å². The molecular formula is C54H48O14. The summed E-state index contributed by atoms with van der Waals surface area (Å²) in [4.78, 5) is 79.5. The Balaban J connectivity index is 1.35. The minimum Gasteiger partial charge on any atom is -0.461 e. The fraction of sp³-hybridized carbons (Fsp3) is 0.222. The van der Waals surface area contributed by atoms with E-state index in [1.54, 1.807) is 103 Å². The summed E-state index contributed by atoms with van der Waals surface area (Å²) in [6, 6.07) is 44.9. The van der Waals surface area contributed by atoms with Crippen LogP contribution in [0.25, 0.3) is 0 Å². The maximum atomic E-state index is 14.2. The molecule has 348 valence electrons. The second kappa shape index (κ2) is 22.9. The first-order valence-electron chi connectivity index (χ1n) is 21.7. The van der Waals surface area contributed by atoms with E-state index in [2.05, 4.69) is 0 Å². The number of hydrogen-bond acceptors (Lipinski definition) is 14. The summed E-state index contributed by atoms with van der Waals surface area (Å²) >= 11 is 0. The van der Waals surface area contributed by atoms with Gasteiger partial charge in [-0.2, -0.15) is 0 Å². The van der Waals surface area contributed by atoms with Crippen LogP contribution in [0.4, 0.5) is 0 Å². The van der Waals surface area contributed by atoms with Gasteiger partial charge in [-0.15, -0.1) is 0 Å². The summed E-state index contributed by atoms with van der Waals surface area (Å²) in [5, 5.41) is 0. The van der Waals surface area contributed by atoms with Crippen molar-refractivity contribution in [1.82, 2.24) is 0 Å². The molecule has 6 atom stereocenters. The molecule has 0 spiro atoms. The molecular weight excluding hydrogens is 873 g/mol. The first-order valence-corrected chi connectivity index (χ1v) is 21.7. The Kier molecular flexibility index (Phi) is 16.1. The highest BCUT2D eigenvalue weighted by Crippen LogP contribution is 2.36. The second-order valence-corrected chi connectivity index (χ2v) is 15.8. The molecule has 0 radical (unpaired) electrons. The molecule has 1 heterocycles. The number of benzene rings is 6. The van der Waals surface area contributed by atoms with Crippen molar-refractivity contribution in [3.05, 3.63) is 208 Å². The first kappa shape index (κ1) is 47.9. The molecule has 0 bridgehead atoms. The van der Waals surface area contributed by atoms with E-state index in [9.17, 15) is 28.8 Å².